The zero-order chi connectivity index (χ0) is 42.3. The molecule has 0 unspecified atom stereocenters. The van der Waals surface area contributed by atoms with E-state index < -0.39 is 40.9 Å². The van der Waals surface area contributed by atoms with E-state index in [4.69, 9.17) is 18.9 Å². The van der Waals surface area contributed by atoms with Crippen molar-refractivity contribution in [1.82, 2.24) is 0 Å². The summed E-state index contributed by atoms with van der Waals surface area (Å²) in [6.45, 7) is 12.3. The van der Waals surface area contributed by atoms with Gasteiger partial charge < -0.3 is 18.9 Å². The highest BCUT2D eigenvalue weighted by Crippen LogP contribution is 2.48. The third kappa shape index (κ3) is 10.6. The standard InChI is InChI=1S/C49H50F2O8/c1-30(2)45(52)58-39-20-22-41(43(50)28-39)47(54)56-37-16-12-35(13-17-37)49(26-24-34(25-27-49)11-10-33-8-6-32(5)7-9-33)36-14-18-38(19-15-36)57-48(55)42-23-21-40(29-44(42)51)59-46(53)31(3)4/h12-23,28-29,32-34H,1,3,6-11,24-27H2,2,4-5H3. The molecule has 0 amide bonds. The second-order valence-corrected chi connectivity index (χ2v) is 16.2. The smallest absolute Gasteiger partial charge is 0.346 e. The van der Waals surface area contributed by atoms with Crippen LogP contribution in [0.3, 0.4) is 0 Å². The highest BCUT2D eigenvalue weighted by molar-refractivity contribution is 5.93. The molecule has 2 aliphatic carbocycles. The molecule has 10 heteroatoms. The Labute approximate surface area is 344 Å². The number of hydrogen-bond acceptors (Lipinski definition) is 8. The third-order valence-corrected chi connectivity index (χ3v) is 11.8. The average Bonchev–Trinajstić information content (AvgIpc) is 3.21. The van der Waals surface area contributed by atoms with Crippen molar-refractivity contribution >= 4 is 23.9 Å². The Bertz CT molecular complexity index is 2070. The largest absolute Gasteiger partial charge is 0.423 e. The summed E-state index contributed by atoms with van der Waals surface area (Å²) >= 11 is 0. The fourth-order valence-corrected chi connectivity index (χ4v) is 8.14. The number of esters is 4. The van der Waals surface area contributed by atoms with E-state index in [1.165, 1.54) is 76.6 Å². The van der Waals surface area contributed by atoms with Gasteiger partial charge in [0.15, 0.2) is 0 Å². The average molecular weight is 805 g/mol. The van der Waals surface area contributed by atoms with Crippen molar-refractivity contribution in [2.75, 3.05) is 0 Å². The highest BCUT2D eigenvalue weighted by atomic mass is 19.1. The van der Waals surface area contributed by atoms with Crippen LogP contribution in [0.25, 0.3) is 0 Å². The Balaban J connectivity index is 1.17. The molecule has 0 spiro atoms. The number of carbonyl (C=O) groups excluding carboxylic acids is 4. The molecule has 0 heterocycles. The Hall–Kier alpha value is -5.90. The normalized spacial score (nSPS) is 17.6. The number of halogens is 2. The van der Waals surface area contributed by atoms with Crippen molar-refractivity contribution in [3.05, 3.63) is 143 Å². The lowest BCUT2D eigenvalue weighted by molar-refractivity contribution is -0.130. The van der Waals surface area contributed by atoms with E-state index in [-0.39, 0.29) is 45.3 Å². The predicted molar refractivity (Wildman–Crippen MR) is 220 cm³/mol. The molecule has 308 valence electrons. The van der Waals surface area contributed by atoms with Crippen molar-refractivity contribution < 1.29 is 46.9 Å². The maximum Gasteiger partial charge on any atom is 0.346 e. The first kappa shape index (κ1) is 42.7. The molecule has 6 rings (SSSR count). The van der Waals surface area contributed by atoms with Crippen molar-refractivity contribution in [3.63, 3.8) is 0 Å². The van der Waals surface area contributed by atoms with Crippen LogP contribution in [0.5, 0.6) is 23.0 Å². The van der Waals surface area contributed by atoms with Crippen LogP contribution in [-0.2, 0) is 15.0 Å². The van der Waals surface area contributed by atoms with E-state index in [0.717, 1.165) is 60.8 Å². The van der Waals surface area contributed by atoms with Crippen LogP contribution in [0.15, 0.2) is 109 Å². The second kappa shape index (κ2) is 18.8. The molecule has 2 fully saturated rings. The minimum absolute atomic E-state index is 0.0600. The number of benzene rings is 4. The van der Waals surface area contributed by atoms with Gasteiger partial charge in [0.25, 0.3) is 0 Å². The van der Waals surface area contributed by atoms with Gasteiger partial charge in [-0.1, -0.05) is 82.9 Å². The monoisotopic (exact) mass is 804 g/mol. The maximum atomic E-state index is 14.9. The minimum Gasteiger partial charge on any atom is -0.423 e. The Morgan fingerprint density at radius 2 is 0.932 bits per heavy atom. The first-order chi connectivity index (χ1) is 28.2. The first-order valence-electron chi connectivity index (χ1n) is 20.2. The molecule has 0 saturated heterocycles. The molecular formula is C49H50F2O8. The van der Waals surface area contributed by atoms with Crippen molar-refractivity contribution in [2.45, 2.75) is 90.4 Å². The molecule has 59 heavy (non-hydrogen) atoms. The molecule has 4 aromatic rings. The number of rotatable bonds is 13. The van der Waals surface area contributed by atoms with Gasteiger partial charge in [-0.25, -0.2) is 28.0 Å². The van der Waals surface area contributed by atoms with Gasteiger partial charge in [0.1, 0.15) is 34.6 Å². The highest BCUT2D eigenvalue weighted by Gasteiger charge is 2.39. The summed E-state index contributed by atoms with van der Waals surface area (Å²) in [7, 11) is 0. The van der Waals surface area contributed by atoms with Gasteiger partial charge in [0, 0.05) is 28.7 Å². The second-order valence-electron chi connectivity index (χ2n) is 16.2. The SMILES string of the molecule is C=C(C)C(=O)Oc1ccc(C(=O)Oc2ccc(C3(c4ccc(OC(=O)c5ccc(OC(=O)C(=C)C)cc5F)cc4)CCC(CCC4CCC(C)CC4)CC3)cc2)c(F)c1. The molecule has 8 nitrogen and oxygen atoms in total. The van der Waals surface area contributed by atoms with Crippen LogP contribution in [0.4, 0.5) is 8.78 Å². The third-order valence-electron chi connectivity index (χ3n) is 11.8. The van der Waals surface area contributed by atoms with E-state index in [1.807, 2.05) is 24.3 Å². The zero-order valence-electron chi connectivity index (χ0n) is 33.8. The molecule has 0 atom stereocenters. The van der Waals surface area contributed by atoms with Crippen LogP contribution in [0.2, 0.25) is 0 Å². The van der Waals surface area contributed by atoms with Gasteiger partial charge in [-0.05, 0) is 117 Å². The van der Waals surface area contributed by atoms with Gasteiger partial charge >= 0.3 is 23.9 Å². The molecule has 0 bridgehead atoms. The van der Waals surface area contributed by atoms with Crippen molar-refractivity contribution in [3.8, 4) is 23.0 Å². The van der Waals surface area contributed by atoms with Crippen LogP contribution < -0.4 is 18.9 Å². The van der Waals surface area contributed by atoms with Crippen molar-refractivity contribution in [2.24, 2.45) is 17.8 Å². The molecule has 2 aliphatic rings. The van der Waals surface area contributed by atoms with Gasteiger partial charge in [0.2, 0.25) is 0 Å². The van der Waals surface area contributed by atoms with Crippen LogP contribution in [0, 0.1) is 29.4 Å². The topological polar surface area (TPSA) is 105 Å². The fraction of sp³-hybridized carbons (Fsp3) is 0.347. The summed E-state index contributed by atoms with van der Waals surface area (Å²) in [5, 5.41) is 0. The van der Waals surface area contributed by atoms with E-state index in [2.05, 4.69) is 20.1 Å². The Morgan fingerprint density at radius 3 is 1.31 bits per heavy atom. The molecule has 0 aliphatic heterocycles. The molecular weight excluding hydrogens is 755 g/mol. The quantitative estimate of drug-likeness (QED) is 0.0747. The van der Waals surface area contributed by atoms with Crippen molar-refractivity contribution in [1.29, 1.82) is 0 Å². The summed E-state index contributed by atoms with van der Waals surface area (Å²) in [5.74, 6) is -2.42. The van der Waals surface area contributed by atoms with Crippen LogP contribution in [-0.4, -0.2) is 23.9 Å². The lowest BCUT2D eigenvalue weighted by atomic mass is 9.62. The summed E-state index contributed by atoms with van der Waals surface area (Å²) in [6.07, 6.45) is 11.5. The Kier molecular flexibility index (Phi) is 13.6. The summed E-state index contributed by atoms with van der Waals surface area (Å²) in [6, 6.07) is 21.4. The van der Waals surface area contributed by atoms with Gasteiger partial charge in [-0.2, -0.15) is 0 Å². The van der Waals surface area contributed by atoms with Crippen LogP contribution >= 0.6 is 0 Å². The van der Waals surface area contributed by atoms with E-state index in [1.54, 1.807) is 24.3 Å². The molecule has 0 aromatic heterocycles. The molecule has 2 saturated carbocycles. The van der Waals surface area contributed by atoms with Gasteiger partial charge in [-0.3, -0.25) is 0 Å². The summed E-state index contributed by atoms with van der Waals surface area (Å²) in [4.78, 5) is 49.7. The molecule has 0 radical (unpaired) electrons. The number of ether oxygens (including phenoxy) is 4. The van der Waals surface area contributed by atoms with Crippen LogP contribution in [0.1, 0.15) is 117 Å². The number of carbonyl (C=O) groups is 4. The number of hydrogen-bond donors (Lipinski definition) is 0. The summed E-state index contributed by atoms with van der Waals surface area (Å²) in [5.41, 5.74) is 1.32. The first-order valence-corrected chi connectivity index (χ1v) is 20.2. The Morgan fingerprint density at radius 1 is 0.559 bits per heavy atom. The van der Waals surface area contributed by atoms with E-state index in [0.29, 0.717) is 5.92 Å². The molecule has 0 N–H and O–H groups in total. The zero-order valence-corrected chi connectivity index (χ0v) is 33.8. The van der Waals surface area contributed by atoms with E-state index in [9.17, 15) is 28.0 Å². The molecule has 4 aromatic carbocycles. The predicted octanol–water partition coefficient (Wildman–Crippen LogP) is 11.4. The fourth-order valence-electron chi connectivity index (χ4n) is 8.14. The minimum atomic E-state index is -0.900. The maximum absolute atomic E-state index is 14.9. The van der Waals surface area contributed by atoms with Gasteiger partial charge in [-0.15, -0.1) is 0 Å². The van der Waals surface area contributed by atoms with Gasteiger partial charge in [0.05, 0.1) is 11.1 Å². The lowest BCUT2D eigenvalue weighted by Gasteiger charge is -2.42. The van der Waals surface area contributed by atoms with E-state index >= 15 is 0 Å². The summed E-state index contributed by atoms with van der Waals surface area (Å²) < 4.78 is 51.1. The lowest BCUT2D eigenvalue weighted by Crippen LogP contribution is -2.33.